The maximum atomic E-state index is 12.7. The number of ketones is 1. The molecule has 2 unspecified atom stereocenters. The van der Waals surface area contributed by atoms with Crippen LogP contribution in [0.1, 0.15) is 49.7 Å². The second-order valence-electron chi connectivity index (χ2n) is 6.49. The van der Waals surface area contributed by atoms with Gasteiger partial charge in [-0.25, -0.2) is 0 Å². The molecule has 0 amide bonds. The molecule has 0 saturated heterocycles. The van der Waals surface area contributed by atoms with Gasteiger partial charge >= 0.3 is 6.18 Å². The molecule has 0 aromatic heterocycles. The highest BCUT2D eigenvalue weighted by molar-refractivity contribution is 5.83. The van der Waals surface area contributed by atoms with Gasteiger partial charge in [-0.3, -0.25) is 4.79 Å². The molecule has 22 heavy (non-hydrogen) atoms. The van der Waals surface area contributed by atoms with Crippen LogP contribution < -0.4 is 0 Å². The number of halogens is 3. The fraction of sp³-hybridized carbons (Fsp3) is 0.588. The molecule has 1 N–H and O–H groups in total. The molecule has 2 saturated carbocycles. The Bertz CT molecular complexity index is 558. The Morgan fingerprint density at radius 3 is 2.18 bits per heavy atom. The van der Waals surface area contributed by atoms with Crippen LogP contribution in [0.2, 0.25) is 0 Å². The van der Waals surface area contributed by atoms with E-state index in [9.17, 15) is 23.1 Å². The Morgan fingerprint density at radius 1 is 1.14 bits per heavy atom. The summed E-state index contributed by atoms with van der Waals surface area (Å²) in [5.74, 6) is -0.270. The number of rotatable bonds is 3. The highest BCUT2D eigenvalue weighted by atomic mass is 19.4. The summed E-state index contributed by atoms with van der Waals surface area (Å²) >= 11 is 0. The molecule has 1 aromatic rings. The van der Waals surface area contributed by atoms with Crippen molar-refractivity contribution in [3.8, 4) is 0 Å². The van der Waals surface area contributed by atoms with E-state index in [-0.39, 0.29) is 11.7 Å². The lowest BCUT2D eigenvalue weighted by Gasteiger charge is -2.48. The normalized spacial score (nSPS) is 25.8. The Kier molecular flexibility index (Phi) is 3.79. The number of carbonyl (C=O) groups is 1. The summed E-state index contributed by atoms with van der Waals surface area (Å²) in [5, 5.41) is 10.7. The first-order chi connectivity index (χ1) is 10.3. The highest BCUT2D eigenvalue weighted by Crippen LogP contribution is 2.50. The molecule has 3 rings (SSSR count). The molecule has 2 aliphatic rings. The van der Waals surface area contributed by atoms with E-state index < -0.39 is 23.3 Å². The third kappa shape index (κ3) is 2.45. The first-order valence-electron chi connectivity index (χ1n) is 7.73. The number of benzene rings is 1. The Morgan fingerprint density at radius 2 is 1.77 bits per heavy atom. The van der Waals surface area contributed by atoms with Crippen LogP contribution in [-0.4, -0.2) is 17.0 Å². The van der Waals surface area contributed by atoms with Gasteiger partial charge in [0.25, 0.3) is 0 Å². The molecule has 1 aromatic carbocycles. The maximum absolute atomic E-state index is 12.7. The van der Waals surface area contributed by atoms with Crippen LogP contribution in [0.3, 0.4) is 0 Å². The molecule has 5 heteroatoms. The average molecular weight is 312 g/mol. The summed E-state index contributed by atoms with van der Waals surface area (Å²) in [6.45, 7) is 0. The minimum absolute atomic E-state index is 0.0886. The zero-order valence-corrected chi connectivity index (χ0v) is 12.2. The first-order valence-corrected chi connectivity index (χ1v) is 7.73. The predicted molar refractivity (Wildman–Crippen MR) is 75.3 cm³/mol. The third-order valence-electron chi connectivity index (χ3n) is 5.33. The van der Waals surface area contributed by atoms with E-state index in [1.54, 1.807) is 0 Å². The molecule has 2 nitrogen and oxygen atoms in total. The van der Waals surface area contributed by atoms with Crippen LogP contribution >= 0.6 is 0 Å². The summed E-state index contributed by atoms with van der Waals surface area (Å²) in [6, 6.07) is 5.06. The van der Waals surface area contributed by atoms with Crippen molar-refractivity contribution in [2.45, 2.75) is 56.2 Å². The van der Waals surface area contributed by atoms with Gasteiger partial charge in [0.2, 0.25) is 0 Å². The zero-order valence-electron chi connectivity index (χ0n) is 12.2. The smallest absolute Gasteiger partial charge is 0.391 e. The van der Waals surface area contributed by atoms with Gasteiger partial charge in [-0.2, -0.15) is 13.2 Å². The molecular formula is C17H19F3O2. The fourth-order valence-electron chi connectivity index (χ4n) is 3.87. The molecule has 120 valence electrons. The van der Waals surface area contributed by atoms with Crippen molar-refractivity contribution >= 4 is 5.78 Å². The third-order valence-corrected chi connectivity index (χ3v) is 5.33. The number of aliphatic hydroxyl groups excluding tert-OH is 1. The van der Waals surface area contributed by atoms with Crippen molar-refractivity contribution in [3.63, 3.8) is 0 Å². The molecule has 0 radical (unpaired) electrons. The fourth-order valence-corrected chi connectivity index (χ4v) is 3.87. The lowest BCUT2D eigenvalue weighted by Crippen LogP contribution is -2.50. The van der Waals surface area contributed by atoms with E-state index in [0.717, 1.165) is 43.4 Å². The monoisotopic (exact) mass is 312 g/mol. The van der Waals surface area contributed by atoms with E-state index >= 15 is 0 Å². The van der Waals surface area contributed by atoms with E-state index in [1.165, 1.54) is 12.1 Å². The van der Waals surface area contributed by atoms with Gasteiger partial charge in [-0.15, -0.1) is 0 Å². The largest absolute Gasteiger partial charge is 0.416 e. The lowest BCUT2D eigenvalue weighted by molar-refractivity contribution is -0.137. The first kappa shape index (κ1) is 15.5. The summed E-state index contributed by atoms with van der Waals surface area (Å²) in [5.41, 5.74) is -0.509. The number of hydrogen-bond acceptors (Lipinski definition) is 2. The minimum Gasteiger partial charge on any atom is -0.391 e. The van der Waals surface area contributed by atoms with Gasteiger partial charge in [0.05, 0.1) is 11.7 Å². The van der Waals surface area contributed by atoms with Crippen LogP contribution in [0.4, 0.5) is 13.2 Å². The number of aliphatic hydroxyl groups is 1. The predicted octanol–water partition coefficient (Wildman–Crippen LogP) is 3.86. The second kappa shape index (κ2) is 5.37. The Labute approximate surface area is 127 Å². The zero-order chi connectivity index (χ0) is 16.0. The van der Waals surface area contributed by atoms with Crippen LogP contribution in [0.25, 0.3) is 0 Å². The van der Waals surface area contributed by atoms with Crippen molar-refractivity contribution in [1.29, 1.82) is 0 Å². The molecule has 2 aliphatic carbocycles. The molecule has 0 heterocycles. The van der Waals surface area contributed by atoms with Gasteiger partial charge in [0.15, 0.2) is 0 Å². The number of carbonyl (C=O) groups excluding carboxylic acids is 1. The van der Waals surface area contributed by atoms with Crippen LogP contribution in [0, 0.1) is 5.92 Å². The number of hydrogen-bond donors (Lipinski definition) is 1. The standard InChI is InChI=1S/C17H19F3O2/c18-17(19,20)12-7-5-11(6-8-12)16(9-2-10-16)15(22)13-3-1-4-14(13)21/h5-8,13,15,22H,1-4,9-10H2. The van der Waals surface area contributed by atoms with Crippen molar-refractivity contribution in [2.24, 2.45) is 5.92 Å². The van der Waals surface area contributed by atoms with Crippen molar-refractivity contribution in [1.82, 2.24) is 0 Å². The molecular weight excluding hydrogens is 293 g/mol. The van der Waals surface area contributed by atoms with E-state index in [2.05, 4.69) is 0 Å². The minimum atomic E-state index is -4.36. The maximum Gasteiger partial charge on any atom is 0.416 e. The molecule has 2 atom stereocenters. The Balaban J connectivity index is 1.88. The SMILES string of the molecule is O=C1CCCC1C(O)C1(c2ccc(C(F)(F)F)cc2)CCC1. The molecule has 0 bridgehead atoms. The summed E-state index contributed by atoms with van der Waals surface area (Å²) in [6.07, 6.45) is -0.777. The van der Waals surface area contributed by atoms with Crippen molar-refractivity contribution in [2.75, 3.05) is 0 Å². The van der Waals surface area contributed by atoms with E-state index in [1.807, 2.05) is 0 Å². The van der Waals surface area contributed by atoms with Crippen molar-refractivity contribution in [3.05, 3.63) is 35.4 Å². The lowest BCUT2D eigenvalue weighted by atomic mass is 9.58. The number of Topliss-reactive ketones (excluding diaryl/α,β-unsaturated/α-hetero) is 1. The highest BCUT2D eigenvalue weighted by Gasteiger charge is 2.50. The molecule has 2 fully saturated rings. The Hall–Kier alpha value is -1.36. The van der Waals surface area contributed by atoms with Crippen LogP contribution in [0.5, 0.6) is 0 Å². The van der Waals surface area contributed by atoms with Crippen LogP contribution in [0.15, 0.2) is 24.3 Å². The van der Waals surface area contributed by atoms with E-state index in [0.29, 0.717) is 12.8 Å². The summed E-state index contributed by atoms with van der Waals surface area (Å²) in [7, 11) is 0. The van der Waals surface area contributed by atoms with Gasteiger partial charge in [-0.1, -0.05) is 18.6 Å². The second-order valence-corrected chi connectivity index (χ2v) is 6.49. The van der Waals surface area contributed by atoms with Gasteiger partial charge < -0.3 is 5.11 Å². The summed E-state index contributed by atoms with van der Waals surface area (Å²) < 4.78 is 38.0. The van der Waals surface area contributed by atoms with Gasteiger partial charge in [0, 0.05) is 17.8 Å². The molecule has 0 aliphatic heterocycles. The average Bonchev–Trinajstić information content (AvgIpc) is 2.83. The topological polar surface area (TPSA) is 37.3 Å². The van der Waals surface area contributed by atoms with Crippen LogP contribution in [-0.2, 0) is 16.4 Å². The van der Waals surface area contributed by atoms with E-state index in [4.69, 9.17) is 0 Å². The quantitative estimate of drug-likeness (QED) is 0.920. The van der Waals surface area contributed by atoms with Gasteiger partial charge in [-0.05, 0) is 43.4 Å². The number of alkyl halides is 3. The molecule has 0 spiro atoms. The summed E-state index contributed by atoms with van der Waals surface area (Å²) in [4.78, 5) is 11.9. The van der Waals surface area contributed by atoms with Gasteiger partial charge in [0.1, 0.15) is 5.78 Å². The van der Waals surface area contributed by atoms with Crippen molar-refractivity contribution < 1.29 is 23.1 Å².